The van der Waals surface area contributed by atoms with Crippen LogP contribution in [0.25, 0.3) is 0 Å². The van der Waals surface area contributed by atoms with Crippen molar-refractivity contribution < 1.29 is 9.53 Å². The van der Waals surface area contributed by atoms with E-state index in [1.807, 2.05) is 19.1 Å². The molecule has 0 saturated carbocycles. The average molecular weight is 347 g/mol. The van der Waals surface area contributed by atoms with Crippen LogP contribution < -0.4 is 15.6 Å². The van der Waals surface area contributed by atoms with E-state index in [0.29, 0.717) is 30.3 Å². The summed E-state index contributed by atoms with van der Waals surface area (Å²) in [6, 6.07) is 8.53. The van der Waals surface area contributed by atoms with Gasteiger partial charge in [-0.1, -0.05) is 18.5 Å². The van der Waals surface area contributed by atoms with E-state index in [0.717, 1.165) is 17.7 Å². The van der Waals surface area contributed by atoms with Gasteiger partial charge in [0.1, 0.15) is 12.4 Å². The molecule has 1 aromatic heterocycles. The molecule has 1 aliphatic rings. The Balaban J connectivity index is 1.72. The first-order valence-corrected chi connectivity index (χ1v) is 8.37. The molecule has 1 amide bonds. The van der Waals surface area contributed by atoms with Gasteiger partial charge in [0.15, 0.2) is 0 Å². The van der Waals surface area contributed by atoms with E-state index in [1.54, 1.807) is 22.9 Å². The number of anilines is 1. The molecule has 0 bridgehead atoms. The molecule has 0 aliphatic carbocycles. The highest BCUT2D eigenvalue weighted by atomic mass is 35.5. The van der Waals surface area contributed by atoms with E-state index in [-0.39, 0.29) is 17.4 Å². The molecule has 5 nitrogen and oxygen atoms in total. The molecule has 126 valence electrons. The number of ether oxygens (including phenoxy) is 1. The minimum atomic E-state index is -0.289. The first-order valence-electron chi connectivity index (χ1n) is 7.99. The lowest BCUT2D eigenvalue weighted by Gasteiger charge is -2.24. The Bertz CT molecular complexity index is 816. The summed E-state index contributed by atoms with van der Waals surface area (Å²) in [5.74, 6) is 0.366. The number of halogens is 1. The van der Waals surface area contributed by atoms with Crippen LogP contribution in [0.2, 0.25) is 5.02 Å². The molecule has 1 atom stereocenters. The summed E-state index contributed by atoms with van der Waals surface area (Å²) >= 11 is 6.01. The number of rotatable bonds is 4. The summed E-state index contributed by atoms with van der Waals surface area (Å²) in [4.78, 5) is 24.2. The summed E-state index contributed by atoms with van der Waals surface area (Å²) in [5, 5.41) is 3.50. The van der Waals surface area contributed by atoms with Gasteiger partial charge in [0, 0.05) is 23.8 Å². The van der Waals surface area contributed by atoms with Crippen LogP contribution in [0.3, 0.4) is 0 Å². The van der Waals surface area contributed by atoms with Crippen LogP contribution in [0.1, 0.15) is 18.9 Å². The fourth-order valence-corrected chi connectivity index (χ4v) is 2.99. The smallest absolute Gasteiger partial charge is 0.250 e. The van der Waals surface area contributed by atoms with E-state index in [1.165, 1.54) is 6.07 Å². The lowest BCUT2D eigenvalue weighted by atomic mass is 9.96. The minimum Gasteiger partial charge on any atom is -0.492 e. The van der Waals surface area contributed by atoms with Gasteiger partial charge in [0.05, 0.1) is 11.6 Å². The Hall–Kier alpha value is -2.27. The summed E-state index contributed by atoms with van der Waals surface area (Å²) in [7, 11) is 0. The van der Waals surface area contributed by atoms with E-state index >= 15 is 0 Å². The third-order valence-electron chi connectivity index (χ3n) is 4.02. The molecule has 3 rings (SSSR count). The van der Waals surface area contributed by atoms with E-state index in [2.05, 4.69) is 5.32 Å². The summed E-state index contributed by atoms with van der Waals surface area (Å²) in [6.45, 7) is 2.95. The normalized spacial score (nSPS) is 16.2. The van der Waals surface area contributed by atoms with Gasteiger partial charge in [-0.2, -0.15) is 0 Å². The molecule has 2 heterocycles. The Morgan fingerprint density at radius 3 is 3.00 bits per heavy atom. The fourth-order valence-electron chi connectivity index (χ4n) is 2.80. The number of hydrogen-bond acceptors (Lipinski definition) is 3. The van der Waals surface area contributed by atoms with Crippen molar-refractivity contribution in [1.29, 1.82) is 0 Å². The SMILES string of the molecule is CCCn1cc(NC(=O)[C@@H]2COc3ccc(Cl)cc3C2)ccc1=O. The zero-order valence-corrected chi connectivity index (χ0v) is 14.2. The van der Waals surface area contributed by atoms with Gasteiger partial charge in [0.25, 0.3) is 5.56 Å². The van der Waals surface area contributed by atoms with Crippen molar-refractivity contribution in [2.24, 2.45) is 5.92 Å². The van der Waals surface area contributed by atoms with Crippen molar-refractivity contribution in [2.75, 3.05) is 11.9 Å². The lowest BCUT2D eigenvalue weighted by Crippen LogP contribution is -2.33. The number of hydrogen-bond donors (Lipinski definition) is 1. The largest absolute Gasteiger partial charge is 0.492 e. The van der Waals surface area contributed by atoms with Crippen LogP contribution in [0.4, 0.5) is 5.69 Å². The number of amides is 1. The van der Waals surface area contributed by atoms with Gasteiger partial charge in [-0.15, -0.1) is 0 Å². The molecule has 1 N–H and O–H groups in total. The highest BCUT2D eigenvalue weighted by Crippen LogP contribution is 2.30. The predicted molar refractivity (Wildman–Crippen MR) is 93.8 cm³/mol. The van der Waals surface area contributed by atoms with Gasteiger partial charge < -0.3 is 14.6 Å². The molecule has 0 radical (unpaired) electrons. The maximum absolute atomic E-state index is 12.5. The number of pyridine rings is 1. The Morgan fingerprint density at radius 1 is 1.38 bits per heavy atom. The van der Waals surface area contributed by atoms with Gasteiger partial charge in [-0.3, -0.25) is 9.59 Å². The molecule has 1 aromatic carbocycles. The van der Waals surface area contributed by atoms with Crippen molar-refractivity contribution in [3.8, 4) is 5.75 Å². The lowest BCUT2D eigenvalue weighted by molar-refractivity contribution is -0.121. The van der Waals surface area contributed by atoms with Crippen LogP contribution >= 0.6 is 11.6 Å². The molecular formula is C18H19ClN2O3. The second-order valence-corrected chi connectivity index (χ2v) is 6.34. The first kappa shape index (κ1) is 16.6. The number of carbonyl (C=O) groups excluding carboxylic acids is 1. The molecular weight excluding hydrogens is 328 g/mol. The number of benzene rings is 1. The van der Waals surface area contributed by atoms with Crippen LogP contribution in [-0.2, 0) is 17.8 Å². The molecule has 24 heavy (non-hydrogen) atoms. The van der Waals surface area contributed by atoms with Crippen molar-refractivity contribution in [1.82, 2.24) is 4.57 Å². The highest BCUT2D eigenvalue weighted by Gasteiger charge is 2.26. The fraction of sp³-hybridized carbons (Fsp3) is 0.333. The molecule has 2 aromatic rings. The van der Waals surface area contributed by atoms with Crippen LogP contribution in [0.15, 0.2) is 41.3 Å². The Kier molecular flexibility index (Phi) is 4.90. The molecule has 0 fully saturated rings. The van der Waals surface area contributed by atoms with Crippen molar-refractivity contribution in [3.05, 3.63) is 57.5 Å². The van der Waals surface area contributed by atoms with Gasteiger partial charge in [0.2, 0.25) is 5.91 Å². The molecule has 1 aliphatic heterocycles. The van der Waals surface area contributed by atoms with Crippen LogP contribution in [0, 0.1) is 5.92 Å². The number of carbonyl (C=O) groups is 1. The third-order valence-corrected chi connectivity index (χ3v) is 4.25. The average Bonchev–Trinajstić information content (AvgIpc) is 2.57. The van der Waals surface area contributed by atoms with Crippen molar-refractivity contribution in [2.45, 2.75) is 26.3 Å². The second kappa shape index (κ2) is 7.09. The second-order valence-electron chi connectivity index (χ2n) is 5.90. The van der Waals surface area contributed by atoms with E-state index in [4.69, 9.17) is 16.3 Å². The van der Waals surface area contributed by atoms with Gasteiger partial charge in [-0.25, -0.2) is 0 Å². The van der Waals surface area contributed by atoms with E-state index < -0.39 is 0 Å². The molecule has 0 saturated heterocycles. The standard InChI is InChI=1S/C18H19ClN2O3/c1-2-7-21-10-15(4-6-17(21)22)20-18(23)13-8-12-9-14(19)3-5-16(12)24-11-13/h3-6,9-10,13H,2,7-8,11H2,1H3,(H,20,23)/t13-/m0/s1. The first-order chi connectivity index (χ1) is 11.6. The zero-order chi connectivity index (χ0) is 17.1. The van der Waals surface area contributed by atoms with Gasteiger partial charge in [-0.05, 0) is 42.7 Å². The Labute approximate surface area is 145 Å². The topological polar surface area (TPSA) is 60.3 Å². The number of fused-ring (bicyclic) bond motifs is 1. The third kappa shape index (κ3) is 3.62. The number of aromatic nitrogens is 1. The van der Waals surface area contributed by atoms with Crippen LogP contribution in [0.5, 0.6) is 5.75 Å². The monoisotopic (exact) mass is 346 g/mol. The molecule has 0 spiro atoms. The predicted octanol–water partition coefficient (Wildman–Crippen LogP) is 3.10. The zero-order valence-electron chi connectivity index (χ0n) is 13.4. The number of nitrogens with zero attached hydrogens (tertiary/aromatic N) is 1. The molecule has 0 unspecified atom stereocenters. The van der Waals surface area contributed by atoms with Crippen molar-refractivity contribution >= 4 is 23.2 Å². The minimum absolute atomic E-state index is 0.0700. The van der Waals surface area contributed by atoms with Crippen LogP contribution in [-0.4, -0.2) is 17.1 Å². The number of aryl methyl sites for hydroxylation is 1. The maximum Gasteiger partial charge on any atom is 0.250 e. The molecule has 6 heteroatoms. The van der Waals surface area contributed by atoms with Crippen molar-refractivity contribution in [3.63, 3.8) is 0 Å². The van der Waals surface area contributed by atoms with Gasteiger partial charge >= 0.3 is 0 Å². The maximum atomic E-state index is 12.5. The highest BCUT2D eigenvalue weighted by molar-refractivity contribution is 6.30. The summed E-state index contributed by atoms with van der Waals surface area (Å²) < 4.78 is 7.26. The summed E-state index contributed by atoms with van der Waals surface area (Å²) in [5.41, 5.74) is 1.48. The summed E-state index contributed by atoms with van der Waals surface area (Å²) in [6.07, 6.45) is 3.11. The van der Waals surface area contributed by atoms with E-state index in [9.17, 15) is 9.59 Å². The Morgan fingerprint density at radius 2 is 2.21 bits per heavy atom. The quantitative estimate of drug-likeness (QED) is 0.925. The number of nitrogens with one attached hydrogen (secondary N) is 1.